The van der Waals surface area contributed by atoms with Gasteiger partial charge < -0.3 is 9.84 Å². The summed E-state index contributed by atoms with van der Waals surface area (Å²) in [4.78, 5) is 10.9. The van der Waals surface area contributed by atoms with Gasteiger partial charge >= 0.3 is 5.97 Å². The van der Waals surface area contributed by atoms with Crippen molar-refractivity contribution in [2.45, 2.75) is 17.2 Å². The second-order valence-corrected chi connectivity index (χ2v) is 6.73. The van der Waals surface area contributed by atoms with E-state index in [0.29, 0.717) is 18.8 Å². The lowest BCUT2D eigenvalue weighted by Gasteiger charge is -2.26. The molecule has 6 nitrogen and oxygen atoms in total. The minimum atomic E-state index is -3.63. The molecule has 0 spiro atoms. The zero-order valence-corrected chi connectivity index (χ0v) is 10.6. The average Bonchev–Trinajstić information content (AvgIpc) is 2.55. The highest BCUT2D eigenvalue weighted by Gasteiger charge is 2.28. The number of aryl methyl sites for hydroxylation is 1. The van der Waals surface area contributed by atoms with E-state index in [9.17, 15) is 13.2 Å². The number of carboxylic acid groups (broad SMARTS) is 1. The molecule has 0 atom stereocenters. The maximum Gasteiger partial charge on any atom is 0.346 e. The molecule has 1 aliphatic rings. The molecule has 1 fully saturated rings. The minimum Gasteiger partial charge on any atom is -0.477 e. The number of carboxylic acids is 1. The fraction of sp³-hybridized carbons (Fsp3) is 0.444. The van der Waals surface area contributed by atoms with Gasteiger partial charge in [-0.25, -0.2) is 17.9 Å². The van der Waals surface area contributed by atoms with E-state index in [1.54, 1.807) is 6.92 Å². The molecule has 0 aliphatic carbocycles. The van der Waals surface area contributed by atoms with Crippen molar-refractivity contribution < 1.29 is 23.1 Å². The zero-order chi connectivity index (χ0) is 12.6. The smallest absolute Gasteiger partial charge is 0.346 e. The number of aromatic carboxylic acids is 1. The first-order valence-electron chi connectivity index (χ1n) is 4.84. The molecule has 1 aliphatic heterocycles. The van der Waals surface area contributed by atoms with Crippen molar-refractivity contribution in [2.75, 3.05) is 13.2 Å². The Morgan fingerprint density at radius 1 is 1.59 bits per heavy atom. The number of carbonyl (C=O) groups is 1. The van der Waals surface area contributed by atoms with Crippen molar-refractivity contribution in [3.8, 4) is 0 Å². The SMILES string of the molecule is Cc1cc(S(=O)(=O)NC2COC2)sc1C(=O)O. The summed E-state index contributed by atoms with van der Waals surface area (Å²) in [6.45, 7) is 2.29. The van der Waals surface area contributed by atoms with Crippen molar-refractivity contribution in [3.05, 3.63) is 16.5 Å². The first kappa shape index (κ1) is 12.5. The summed E-state index contributed by atoms with van der Waals surface area (Å²) in [6, 6.07) is 1.16. The van der Waals surface area contributed by atoms with Crippen LogP contribution in [0.3, 0.4) is 0 Å². The van der Waals surface area contributed by atoms with Gasteiger partial charge in [0.25, 0.3) is 0 Å². The predicted molar refractivity (Wildman–Crippen MR) is 60.9 cm³/mol. The Bertz CT molecular complexity index is 544. The van der Waals surface area contributed by atoms with E-state index in [4.69, 9.17) is 9.84 Å². The second-order valence-electron chi connectivity index (χ2n) is 3.74. The van der Waals surface area contributed by atoms with E-state index in [1.165, 1.54) is 6.07 Å². The molecule has 2 rings (SSSR count). The Labute approximate surface area is 102 Å². The molecule has 2 heterocycles. The molecule has 2 N–H and O–H groups in total. The molecule has 1 aromatic rings. The van der Waals surface area contributed by atoms with Crippen LogP contribution in [0.25, 0.3) is 0 Å². The van der Waals surface area contributed by atoms with Crippen LogP contribution in [0.15, 0.2) is 10.3 Å². The van der Waals surface area contributed by atoms with Crippen LogP contribution in [0.1, 0.15) is 15.2 Å². The van der Waals surface area contributed by atoms with Crippen LogP contribution in [0, 0.1) is 6.92 Å². The number of sulfonamides is 1. The van der Waals surface area contributed by atoms with Crippen molar-refractivity contribution in [2.24, 2.45) is 0 Å². The van der Waals surface area contributed by atoms with E-state index in [0.717, 1.165) is 11.3 Å². The fourth-order valence-corrected chi connectivity index (χ4v) is 3.98. The van der Waals surface area contributed by atoms with Gasteiger partial charge in [0.15, 0.2) is 0 Å². The highest BCUT2D eigenvalue weighted by molar-refractivity contribution is 7.91. The summed E-state index contributed by atoms with van der Waals surface area (Å²) >= 11 is 0.760. The van der Waals surface area contributed by atoms with E-state index in [-0.39, 0.29) is 15.1 Å². The lowest BCUT2D eigenvalue weighted by molar-refractivity contribution is 0.00484. The number of ether oxygens (including phenoxy) is 1. The molecular formula is C9H11NO5S2. The Morgan fingerprint density at radius 2 is 2.24 bits per heavy atom. The average molecular weight is 277 g/mol. The highest BCUT2D eigenvalue weighted by Crippen LogP contribution is 2.26. The topological polar surface area (TPSA) is 92.7 Å². The quantitative estimate of drug-likeness (QED) is 0.832. The largest absolute Gasteiger partial charge is 0.477 e. The van der Waals surface area contributed by atoms with Gasteiger partial charge in [0.2, 0.25) is 10.0 Å². The summed E-state index contributed by atoms with van der Waals surface area (Å²) in [5.41, 5.74) is 0.452. The highest BCUT2D eigenvalue weighted by atomic mass is 32.2. The van der Waals surface area contributed by atoms with Gasteiger partial charge in [-0.05, 0) is 18.6 Å². The van der Waals surface area contributed by atoms with Gasteiger partial charge in [-0.1, -0.05) is 0 Å². The number of thiophene rings is 1. The summed E-state index contributed by atoms with van der Waals surface area (Å²) < 4.78 is 31.1. The van der Waals surface area contributed by atoms with Crippen LogP contribution >= 0.6 is 11.3 Å². The summed E-state index contributed by atoms with van der Waals surface area (Å²) in [7, 11) is -3.63. The molecule has 0 aromatic carbocycles. The first-order valence-corrected chi connectivity index (χ1v) is 7.14. The van der Waals surface area contributed by atoms with E-state index in [2.05, 4.69) is 4.72 Å². The van der Waals surface area contributed by atoms with Crippen LogP contribution in [-0.4, -0.2) is 38.7 Å². The normalized spacial score (nSPS) is 16.8. The molecule has 0 bridgehead atoms. The monoisotopic (exact) mass is 277 g/mol. The van der Waals surface area contributed by atoms with Crippen molar-refractivity contribution >= 4 is 27.3 Å². The molecule has 0 saturated carbocycles. The fourth-order valence-electron chi connectivity index (χ4n) is 1.38. The Kier molecular flexibility index (Phi) is 3.21. The molecule has 17 heavy (non-hydrogen) atoms. The van der Waals surface area contributed by atoms with E-state index >= 15 is 0 Å². The molecule has 0 unspecified atom stereocenters. The third kappa shape index (κ3) is 2.49. The summed E-state index contributed by atoms with van der Waals surface area (Å²) in [6.07, 6.45) is 0. The van der Waals surface area contributed by atoms with Crippen molar-refractivity contribution in [3.63, 3.8) is 0 Å². The van der Waals surface area contributed by atoms with Crippen LogP contribution < -0.4 is 4.72 Å². The maximum absolute atomic E-state index is 11.9. The lowest BCUT2D eigenvalue weighted by atomic mass is 10.3. The molecule has 8 heteroatoms. The number of rotatable bonds is 4. The van der Waals surface area contributed by atoms with Crippen LogP contribution in [-0.2, 0) is 14.8 Å². The van der Waals surface area contributed by atoms with Gasteiger partial charge in [0, 0.05) is 0 Å². The second kappa shape index (κ2) is 4.37. The van der Waals surface area contributed by atoms with Gasteiger partial charge in [-0.15, -0.1) is 11.3 Å². The summed E-state index contributed by atoms with van der Waals surface area (Å²) in [5.74, 6) is -1.11. The Balaban J connectivity index is 2.26. The predicted octanol–water partition coefficient (Wildman–Crippen LogP) is 0.432. The van der Waals surface area contributed by atoms with Crippen LogP contribution in [0.2, 0.25) is 0 Å². The maximum atomic E-state index is 11.9. The van der Waals surface area contributed by atoms with E-state index < -0.39 is 16.0 Å². The molecule has 1 aromatic heterocycles. The van der Waals surface area contributed by atoms with Gasteiger partial charge in [0.05, 0.1) is 19.3 Å². The van der Waals surface area contributed by atoms with Crippen molar-refractivity contribution in [1.29, 1.82) is 0 Å². The van der Waals surface area contributed by atoms with Gasteiger partial charge in [-0.2, -0.15) is 0 Å². The lowest BCUT2D eigenvalue weighted by Crippen LogP contribution is -2.48. The van der Waals surface area contributed by atoms with Gasteiger partial charge in [0.1, 0.15) is 9.09 Å². The zero-order valence-electron chi connectivity index (χ0n) is 8.97. The molecule has 0 radical (unpaired) electrons. The van der Waals surface area contributed by atoms with Crippen molar-refractivity contribution in [1.82, 2.24) is 4.72 Å². The third-order valence-electron chi connectivity index (χ3n) is 2.31. The summed E-state index contributed by atoms with van der Waals surface area (Å²) in [5, 5.41) is 8.86. The number of hydrogen-bond donors (Lipinski definition) is 2. The molecule has 1 saturated heterocycles. The first-order chi connectivity index (χ1) is 7.90. The number of nitrogens with one attached hydrogen (secondary N) is 1. The minimum absolute atomic E-state index is 0.0271. The molecule has 94 valence electrons. The van der Waals surface area contributed by atoms with Gasteiger partial charge in [-0.3, -0.25) is 0 Å². The standard InChI is InChI=1S/C9H11NO5S2/c1-5-2-7(16-8(5)9(11)12)17(13,14)10-6-3-15-4-6/h2,6,10H,3-4H2,1H3,(H,11,12). The third-order valence-corrected chi connectivity index (χ3v) is 5.53. The Morgan fingerprint density at radius 3 is 2.65 bits per heavy atom. The molecular weight excluding hydrogens is 266 g/mol. The van der Waals surface area contributed by atoms with Crippen LogP contribution in [0.4, 0.5) is 0 Å². The Hall–Kier alpha value is -0.960. The van der Waals surface area contributed by atoms with Crippen LogP contribution in [0.5, 0.6) is 0 Å². The number of hydrogen-bond acceptors (Lipinski definition) is 5. The van der Waals surface area contributed by atoms with E-state index in [1.807, 2.05) is 0 Å². The molecule has 0 amide bonds.